The number of nitrogens with one attached hydrogen (secondary N) is 1. The van der Waals surface area contributed by atoms with Gasteiger partial charge in [0, 0.05) is 53.4 Å². The Hall–Kier alpha value is -2.02. The van der Waals surface area contributed by atoms with Crippen LogP contribution >= 0.6 is 24.0 Å². The van der Waals surface area contributed by atoms with Crippen molar-refractivity contribution in [1.82, 2.24) is 25.0 Å². The number of aryl methyl sites for hydroxylation is 1. The first-order valence-corrected chi connectivity index (χ1v) is 9.92. The summed E-state index contributed by atoms with van der Waals surface area (Å²) in [6.45, 7) is 2.45. The molecule has 0 unspecified atom stereocenters. The molecular formula is C20H31F2IN6O2. The van der Waals surface area contributed by atoms with Gasteiger partial charge in [-0.05, 0) is 24.1 Å². The number of hydrogen-bond donors (Lipinski definition) is 1. The van der Waals surface area contributed by atoms with E-state index < -0.39 is 6.61 Å². The fraction of sp³-hybridized carbons (Fsp3) is 0.550. The molecule has 0 aliphatic rings. The molecule has 0 bridgehead atoms. The van der Waals surface area contributed by atoms with Crippen molar-refractivity contribution in [1.29, 1.82) is 0 Å². The summed E-state index contributed by atoms with van der Waals surface area (Å²) >= 11 is 0. The number of guanidine groups is 1. The zero-order valence-corrected chi connectivity index (χ0v) is 20.5. The summed E-state index contributed by atoms with van der Waals surface area (Å²) in [6, 6.07) is 6.61. The van der Waals surface area contributed by atoms with Crippen molar-refractivity contribution < 1.29 is 18.3 Å². The van der Waals surface area contributed by atoms with E-state index in [-0.39, 0.29) is 29.7 Å². The molecule has 0 spiro atoms. The molecule has 2 aromatic rings. The minimum absolute atomic E-state index is 0. The van der Waals surface area contributed by atoms with Crippen LogP contribution in [0.15, 0.2) is 35.6 Å². The molecular weight excluding hydrogens is 521 g/mol. The summed E-state index contributed by atoms with van der Waals surface area (Å²) in [5.41, 5.74) is 0.956. The minimum atomic E-state index is -2.83. The van der Waals surface area contributed by atoms with E-state index in [9.17, 15) is 8.78 Å². The highest BCUT2D eigenvalue weighted by molar-refractivity contribution is 14.0. The summed E-state index contributed by atoms with van der Waals surface area (Å²) < 4.78 is 36.1. The normalized spacial score (nSPS) is 11.4. The molecule has 0 radical (unpaired) electrons. The molecule has 1 aromatic heterocycles. The van der Waals surface area contributed by atoms with Gasteiger partial charge in [-0.1, -0.05) is 19.1 Å². The van der Waals surface area contributed by atoms with Gasteiger partial charge in [0.25, 0.3) is 0 Å². The van der Waals surface area contributed by atoms with E-state index in [2.05, 4.69) is 25.2 Å². The molecule has 2 rings (SSSR count). The van der Waals surface area contributed by atoms with Crippen molar-refractivity contribution in [2.45, 2.75) is 39.5 Å². The Labute approximate surface area is 199 Å². The molecule has 1 heterocycles. The topological polar surface area (TPSA) is 76.8 Å². The molecule has 0 fully saturated rings. The SMILES string of the molecule is CCc1nncn1CCNC(=NCCCOC)N(C)Cc1ccc(OC(F)F)cc1.I. The van der Waals surface area contributed by atoms with Crippen LogP contribution in [0.3, 0.4) is 0 Å². The quantitative estimate of drug-likeness (QED) is 0.189. The number of nitrogens with zero attached hydrogens (tertiary/aromatic N) is 5. The Bertz CT molecular complexity index is 773. The van der Waals surface area contributed by atoms with Gasteiger partial charge in [0.1, 0.15) is 17.9 Å². The van der Waals surface area contributed by atoms with E-state index in [1.807, 2.05) is 23.4 Å². The number of ether oxygens (including phenoxy) is 2. The number of halogens is 3. The third-order valence-corrected chi connectivity index (χ3v) is 4.35. The maximum Gasteiger partial charge on any atom is 0.387 e. The van der Waals surface area contributed by atoms with Crippen molar-refractivity contribution in [3.05, 3.63) is 42.0 Å². The molecule has 1 N–H and O–H groups in total. The molecule has 0 saturated carbocycles. The van der Waals surface area contributed by atoms with Crippen molar-refractivity contribution in [3.8, 4) is 5.75 Å². The summed E-state index contributed by atoms with van der Waals surface area (Å²) in [6.07, 6.45) is 3.37. The second-order valence-electron chi connectivity index (χ2n) is 6.65. The average Bonchev–Trinajstić information content (AvgIpc) is 3.18. The molecule has 0 atom stereocenters. The Morgan fingerprint density at radius 1 is 1.29 bits per heavy atom. The van der Waals surface area contributed by atoms with E-state index >= 15 is 0 Å². The van der Waals surface area contributed by atoms with Crippen LogP contribution in [0.2, 0.25) is 0 Å². The summed E-state index contributed by atoms with van der Waals surface area (Å²) in [7, 11) is 3.60. The fourth-order valence-electron chi connectivity index (χ4n) is 2.86. The minimum Gasteiger partial charge on any atom is -0.435 e. The standard InChI is InChI=1S/C20H30F2N6O2.HI/c1-4-18-26-25-15-28(18)12-11-24-20(23-10-5-13-29-3)27(2)14-16-6-8-17(9-7-16)30-19(21)22;/h6-9,15,19H,4-5,10-14H2,1-3H3,(H,23,24);1H. The molecule has 11 heteroatoms. The van der Waals surface area contributed by atoms with Crippen molar-refractivity contribution in [2.24, 2.45) is 4.99 Å². The van der Waals surface area contributed by atoms with E-state index in [0.717, 1.165) is 36.7 Å². The van der Waals surface area contributed by atoms with Crippen LogP contribution in [-0.4, -0.2) is 66.1 Å². The highest BCUT2D eigenvalue weighted by atomic mass is 127. The van der Waals surface area contributed by atoms with Crippen LogP contribution in [0.25, 0.3) is 0 Å². The highest BCUT2D eigenvalue weighted by Gasteiger charge is 2.09. The van der Waals surface area contributed by atoms with E-state index in [1.165, 1.54) is 12.1 Å². The van der Waals surface area contributed by atoms with Gasteiger partial charge >= 0.3 is 6.61 Å². The lowest BCUT2D eigenvalue weighted by Crippen LogP contribution is -2.40. The van der Waals surface area contributed by atoms with Gasteiger partial charge < -0.3 is 24.3 Å². The molecule has 1 aromatic carbocycles. The second-order valence-corrected chi connectivity index (χ2v) is 6.65. The van der Waals surface area contributed by atoms with Gasteiger partial charge in [0.05, 0.1) is 0 Å². The third kappa shape index (κ3) is 9.76. The lowest BCUT2D eigenvalue weighted by atomic mass is 10.2. The molecule has 174 valence electrons. The Kier molecular flexibility index (Phi) is 13.0. The number of rotatable bonds is 12. The second kappa shape index (κ2) is 14.9. The van der Waals surface area contributed by atoms with Crippen LogP contribution in [0.4, 0.5) is 8.78 Å². The Morgan fingerprint density at radius 3 is 2.68 bits per heavy atom. The molecule has 31 heavy (non-hydrogen) atoms. The number of benzene rings is 1. The molecule has 0 aliphatic heterocycles. The Morgan fingerprint density at radius 2 is 2.03 bits per heavy atom. The van der Waals surface area contributed by atoms with Crippen LogP contribution in [0, 0.1) is 0 Å². The lowest BCUT2D eigenvalue weighted by molar-refractivity contribution is -0.0498. The van der Waals surface area contributed by atoms with Gasteiger partial charge in [-0.25, -0.2) is 0 Å². The van der Waals surface area contributed by atoms with E-state index in [0.29, 0.717) is 26.2 Å². The first-order chi connectivity index (χ1) is 14.5. The van der Waals surface area contributed by atoms with Crippen LogP contribution in [-0.2, 0) is 24.2 Å². The number of methoxy groups -OCH3 is 1. The van der Waals surface area contributed by atoms with Crippen molar-refractivity contribution in [3.63, 3.8) is 0 Å². The zero-order chi connectivity index (χ0) is 21.8. The number of hydrogen-bond acceptors (Lipinski definition) is 5. The molecule has 8 nitrogen and oxygen atoms in total. The van der Waals surface area contributed by atoms with Crippen LogP contribution in [0.5, 0.6) is 5.75 Å². The number of aromatic nitrogens is 3. The van der Waals surface area contributed by atoms with Crippen molar-refractivity contribution >= 4 is 29.9 Å². The van der Waals surface area contributed by atoms with E-state index in [4.69, 9.17) is 4.74 Å². The van der Waals surface area contributed by atoms with Crippen molar-refractivity contribution in [2.75, 3.05) is 33.9 Å². The highest BCUT2D eigenvalue weighted by Crippen LogP contribution is 2.15. The average molecular weight is 552 g/mol. The van der Waals surface area contributed by atoms with Gasteiger partial charge in [-0.3, -0.25) is 4.99 Å². The lowest BCUT2D eigenvalue weighted by Gasteiger charge is -2.23. The van der Waals surface area contributed by atoms with Gasteiger partial charge in [-0.2, -0.15) is 8.78 Å². The zero-order valence-electron chi connectivity index (χ0n) is 18.1. The first-order valence-electron chi connectivity index (χ1n) is 9.92. The maximum atomic E-state index is 12.3. The molecule has 0 aliphatic carbocycles. The smallest absolute Gasteiger partial charge is 0.387 e. The monoisotopic (exact) mass is 552 g/mol. The van der Waals surface area contributed by atoms with Gasteiger partial charge in [0.2, 0.25) is 0 Å². The maximum absolute atomic E-state index is 12.3. The third-order valence-electron chi connectivity index (χ3n) is 4.35. The largest absolute Gasteiger partial charge is 0.435 e. The summed E-state index contributed by atoms with van der Waals surface area (Å²) in [4.78, 5) is 6.65. The van der Waals surface area contributed by atoms with Crippen LogP contribution in [0.1, 0.15) is 24.7 Å². The van der Waals surface area contributed by atoms with Crippen LogP contribution < -0.4 is 10.1 Å². The number of aliphatic imine (C=N–C) groups is 1. The Balaban J connectivity index is 0.00000480. The summed E-state index contributed by atoms with van der Waals surface area (Å²) in [5.74, 6) is 1.84. The molecule has 0 amide bonds. The van der Waals surface area contributed by atoms with Gasteiger partial charge in [-0.15, -0.1) is 34.2 Å². The predicted octanol–water partition coefficient (Wildman–Crippen LogP) is 3.17. The van der Waals surface area contributed by atoms with E-state index in [1.54, 1.807) is 25.6 Å². The fourth-order valence-corrected chi connectivity index (χ4v) is 2.86. The predicted molar refractivity (Wildman–Crippen MR) is 126 cm³/mol. The van der Waals surface area contributed by atoms with Gasteiger partial charge in [0.15, 0.2) is 5.96 Å². The number of alkyl halides is 2. The first kappa shape index (κ1) is 27.0. The summed E-state index contributed by atoms with van der Waals surface area (Å²) in [5, 5.41) is 11.4. The molecule has 0 saturated heterocycles.